The topological polar surface area (TPSA) is 87.7 Å². The lowest BCUT2D eigenvalue weighted by Crippen LogP contribution is -2.40. The minimum atomic E-state index is -0.566. The van der Waals surface area contributed by atoms with Gasteiger partial charge >= 0.3 is 0 Å². The summed E-state index contributed by atoms with van der Waals surface area (Å²) in [5, 5.41) is 5.65. The van der Waals surface area contributed by atoms with Gasteiger partial charge in [0.25, 0.3) is 5.91 Å². The summed E-state index contributed by atoms with van der Waals surface area (Å²) in [4.78, 5) is 39.2. The molecule has 7 nitrogen and oxygen atoms in total. The van der Waals surface area contributed by atoms with Gasteiger partial charge in [0.05, 0.1) is 19.1 Å². The van der Waals surface area contributed by atoms with Crippen LogP contribution in [0.4, 0.5) is 11.4 Å². The summed E-state index contributed by atoms with van der Waals surface area (Å²) in [6.07, 6.45) is 0.0925. The first-order valence-corrected chi connectivity index (χ1v) is 9.28. The van der Waals surface area contributed by atoms with Crippen LogP contribution in [0.5, 0.6) is 0 Å². The second-order valence-corrected chi connectivity index (χ2v) is 6.87. The van der Waals surface area contributed by atoms with Crippen molar-refractivity contribution in [2.24, 2.45) is 0 Å². The molecule has 2 aliphatic heterocycles. The van der Waals surface area contributed by atoms with E-state index in [1.54, 1.807) is 35.2 Å². The van der Waals surface area contributed by atoms with Crippen molar-refractivity contribution in [1.82, 2.24) is 4.90 Å². The van der Waals surface area contributed by atoms with Gasteiger partial charge in [-0.1, -0.05) is 24.3 Å². The Bertz CT molecular complexity index is 921. The first kappa shape index (κ1) is 18.2. The minimum Gasteiger partial charge on any atom is -0.378 e. The van der Waals surface area contributed by atoms with Crippen LogP contribution in [0.15, 0.2) is 48.5 Å². The molecule has 28 heavy (non-hydrogen) atoms. The molecule has 1 fully saturated rings. The van der Waals surface area contributed by atoms with E-state index in [1.165, 1.54) is 0 Å². The highest BCUT2D eigenvalue weighted by Crippen LogP contribution is 2.32. The van der Waals surface area contributed by atoms with E-state index in [2.05, 4.69) is 10.6 Å². The number of ether oxygens (including phenoxy) is 1. The third-order valence-electron chi connectivity index (χ3n) is 4.99. The molecule has 0 aliphatic carbocycles. The van der Waals surface area contributed by atoms with Crippen molar-refractivity contribution in [3.63, 3.8) is 0 Å². The number of nitrogens with one attached hydrogen (secondary N) is 2. The van der Waals surface area contributed by atoms with Gasteiger partial charge in [-0.3, -0.25) is 14.4 Å². The molecule has 7 heteroatoms. The Labute approximate surface area is 162 Å². The van der Waals surface area contributed by atoms with Crippen molar-refractivity contribution >= 4 is 29.1 Å². The molecule has 2 N–H and O–H groups in total. The van der Waals surface area contributed by atoms with Crippen LogP contribution in [0.1, 0.15) is 28.3 Å². The first-order chi connectivity index (χ1) is 13.6. The van der Waals surface area contributed by atoms with Gasteiger partial charge in [0.1, 0.15) is 0 Å². The van der Waals surface area contributed by atoms with E-state index in [4.69, 9.17) is 4.74 Å². The largest absolute Gasteiger partial charge is 0.378 e. The highest BCUT2D eigenvalue weighted by atomic mass is 16.5. The average Bonchev–Trinajstić information content (AvgIpc) is 2.73. The fourth-order valence-corrected chi connectivity index (χ4v) is 3.55. The summed E-state index contributed by atoms with van der Waals surface area (Å²) in [7, 11) is 0. The molecule has 0 spiro atoms. The summed E-state index contributed by atoms with van der Waals surface area (Å²) in [6, 6.07) is 14.2. The number of fused-ring (bicyclic) bond motifs is 1. The van der Waals surface area contributed by atoms with Crippen LogP contribution in [-0.2, 0) is 14.3 Å². The summed E-state index contributed by atoms with van der Waals surface area (Å²) in [6.45, 7) is 2.18. The van der Waals surface area contributed by atoms with Crippen LogP contribution in [0.25, 0.3) is 0 Å². The van der Waals surface area contributed by atoms with E-state index >= 15 is 0 Å². The zero-order chi connectivity index (χ0) is 19.5. The molecule has 2 aliphatic rings. The Morgan fingerprint density at radius 1 is 1.07 bits per heavy atom. The molecular weight excluding hydrogens is 358 g/mol. The molecule has 144 valence electrons. The lowest BCUT2D eigenvalue weighted by atomic mass is 9.90. The molecular formula is C21H21N3O4. The van der Waals surface area contributed by atoms with Crippen molar-refractivity contribution < 1.29 is 19.1 Å². The Balaban J connectivity index is 1.51. The van der Waals surface area contributed by atoms with Crippen molar-refractivity contribution in [3.8, 4) is 0 Å². The van der Waals surface area contributed by atoms with Crippen LogP contribution < -0.4 is 10.6 Å². The molecule has 1 unspecified atom stereocenters. The Morgan fingerprint density at radius 2 is 1.86 bits per heavy atom. The fraction of sp³-hybridized carbons (Fsp3) is 0.286. The molecule has 0 aromatic heterocycles. The van der Waals surface area contributed by atoms with E-state index in [-0.39, 0.29) is 24.1 Å². The van der Waals surface area contributed by atoms with Crippen LogP contribution >= 0.6 is 0 Å². The number of hydrogen-bond donors (Lipinski definition) is 2. The Morgan fingerprint density at radius 3 is 2.68 bits per heavy atom. The van der Waals surface area contributed by atoms with Crippen LogP contribution in [0.2, 0.25) is 0 Å². The van der Waals surface area contributed by atoms with E-state index < -0.39 is 5.92 Å². The van der Waals surface area contributed by atoms with Gasteiger partial charge in [-0.05, 0) is 29.8 Å². The number of nitrogens with zero attached hydrogens (tertiary/aromatic N) is 1. The quantitative estimate of drug-likeness (QED) is 0.856. The maximum Gasteiger partial charge on any atom is 0.254 e. The number of hydrogen-bond acceptors (Lipinski definition) is 4. The number of anilines is 2. The molecule has 0 saturated carbocycles. The molecule has 1 saturated heterocycles. The maximum absolute atomic E-state index is 12.9. The zero-order valence-corrected chi connectivity index (χ0v) is 15.3. The van der Waals surface area contributed by atoms with Crippen LogP contribution in [-0.4, -0.2) is 48.9 Å². The lowest BCUT2D eigenvalue weighted by molar-refractivity contribution is -0.123. The molecule has 3 amide bonds. The SMILES string of the molecule is O=C1CC(C(=O)Nc2cccc(C(=O)N3CCOCC3)c2)c2ccccc2N1. The van der Waals surface area contributed by atoms with Gasteiger partial charge in [0.2, 0.25) is 11.8 Å². The number of morpholine rings is 1. The highest BCUT2D eigenvalue weighted by molar-refractivity contribution is 6.05. The third-order valence-corrected chi connectivity index (χ3v) is 4.99. The molecule has 2 heterocycles. The first-order valence-electron chi connectivity index (χ1n) is 9.28. The molecule has 1 atom stereocenters. The van der Waals surface area contributed by atoms with E-state index in [0.717, 1.165) is 5.56 Å². The average molecular weight is 379 g/mol. The monoisotopic (exact) mass is 379 g/mol. The van der Waals surface area contributed by atoms with Crippen molar-refractivity contribution in [2.45, 2.75) is 12.3 Å². The fourth-order valence-electron chi connectivity index (χ4n) is 3.55. The van der Waals surface area contributed by atoms with Crippen molar-refractivity contribution in [2.75, 3.05) is 36.9 Å². The number of carbonyl (C=O) groups is 3. The molecule has 4 rings (SSSR count). The molecule has 2 aromatic carbocycles. The van der Waals surface area contributed by atoms with Gasteiger partial charge in [0.15, 0.2) is 0 Å². The van der Waals surface area contributed by atoms with Crippen molar-refractivity contribution in [3.05, 3.63) is 59.7 Å². The zero-order valence-electron chi connectivity index (χ0n) is 15.3. The van der Waals surface area contributed by atoms with Gasteiger partial charge in [0, 0.05) is 36.4 Å². The standard InChI is InChI=1S/C21H21N3O4/c25-19-13-17(16-6-1-2-7-18(16)23-19)20(26)22-15-5-3-4-14(12-15)21(27)24-8-10-28-11-9-24/h1-7,12,17H,8-11,13H2,(H,22,26)(H,23,25). The summed E-state index contributed by atoms with van der Waals surface area (Å²) in [5.74, 6) is -1.10. The summed E-state index contributed by atoms with van der Waals surface area (Å²) < 4.78 is 5.28. The van der Waals surface area contributed by atoms with Gasteiger partial charge in [-0.2, -0.15) is 0 Å². The maximum atomic E-state index is 12.9. The third kappa shape index (κ3) is 3.75. The minimum absolute atomic E-state index is 0.0817. The Kier molecular flexibility index (Phi) is 5.08. The van der Waals surface area contributed by atoms with Crippen molar-refractivity contribution in [1.29, 1.82) is 0 Å². The molecule has 2 aromatic rings. The number of carbonyl (C=O) groups excluding carboxylic acids is 3. The van der Waals surface area contributed by atoms with E-state index in [0.29, 0.717) is 43.2 Å². The lowest BCUT2D eigenvalue weighted by Gasteiger charge is -2.27. The predicted molar refractivity (Wildman–Crippen MR) is 104 cm³/mol. The Hall–Kier alpha value is -3.19. The van der Waals surface area contributed by atoms with E-state index in [9.17, 15) is 14.4 Å². The smallest absolute Gasteiger partial charge is 0.254 e. The number of benzene rings is 2. The second-order valence-electron chi connectivity index (χ2n) is 6.87. The highest BCUT2D eigenvalue weighted by Gasteiger charge is 2.30. The van der Waals surface area contributed by atoms with Gasteiger partial charge in [-0.15, -0.1) is 0 Å². The van der Waals surface area contributed by atoms with Crippen LogP contribution in [0, 0.1) is 0 Å². The van der Waals surface area contributed by atoms with Gasteiger partial charge < -0.3 is 20.3 Å². The number of para-hydroxylation sites is 1. The second kappa shape index (κ2) is 7.82. The number of rotatable bonds is 3. The predicted octanol–water partition coefficient (Wildman–Crippen LogP) is 2.22. The van der Waals surface area contributed by atoms with Crippen LogP contribution in [0.3, 0.4) is 0 Å². The summed E-state index contributed by atoms with van der Waals surface area (Å²) in [5.41, 5.74) is 2.50. The van der Waals surface area contributed by atoms with E-state index in [1.807, 2.05) is 18.2 Å². The normalized spacial score (nSPS) is 18.8. The van der Waals surface area contributed by atoms with Gasteiger partial charge in [-0.25, -0.2) is 0 Å². The number of amides is 3. The molecule has 0 bridgehead atoms. The molecule has 0 radical (unpaired) electrons. The summed E-state index contributed by atoms with van der Waals surface area (Å²) >= 11 is 0.